The fraction of sp³-hybridized carbons (Fsp3) is 0.423. The van der Waals surface area contributed by atoms with Crippen molar-refractivity contribution in [3.63, 3.8) is 0 Å². The highest BCUT2D eigenvalue weighted by molar-refractivity contribution is 5.76. The number of esters is 1. The highest BCUT2D eigenvalue weighted by atomic mass is 19.4. The second-order valence-corrected chi connectivity index (χ2v) is 9.33. The number of benzene rings is 1. The fourth-order valence-corrected chi connectivity index (χ4v) is 4.14. The summed E-state index contributed by atoms with van der Waals surface area (Å²) in [6, 6.07) is 9.85. The molecule has 0 spiro atoms. The van der Waals surface area contributed by atoms with E-state index < -0.39 is 24.3 Å². The van der Waals surface area contributed by atoms with Crippen molar-refractivity contribution >= 4 is 29.6 Å². The number of carbonyl (C=O) groups excluding carboxylic acids is 1. The molecule has 1 fully saturated rings. The largest absolute Gasteiger partial charge is 0.490 e. The first-order chi connectivity index (χ1) is 20.0. The summed E-state index contributed by atoms with van der Waals surface area (Å²) in [6.07, 6.45) is -3.11. The zero-order valence-electron chi connectivity index (χ0n) is 22.5. The number of aliphatic carboxylic acids is 2. The van der Waals surface area contributed by atoms with E-state index in [0.717, 1.165) is 56.6 Å². The van der Waals surface area contributed by atoms with E-state index in [2.05, 4.69) is 9.88 Å². The van der Waals surface area contributed by atoms with Gasteiger partial charge in [0.15, 0.2) is 5.96 Å². The SMILES string of the molecule is N=C(N)N1CCCc2ccc(OC(=O)C3CCN(c4ccncc4)CC3)cc2C1.O=C(O)C(F)(F)F.O=C(O)C(F)(F)F. The van der Waals surface area contributed by atoms with Gasteiger partial charge in [-0.2, -0.15) is 26.3 Å². The number of nitrogens with two attached hydrogens (primary N) is 1. The molecule has 0 radical (unpaired) electrons. The summed E-state index contributed by atoms with van der Waals surface area (Å²) in [7, 11) is 0. The Morgan fingerprint density at radius 1 is 0.907 bits per heavy atom. The molecular weight excluding hydrogens is 592 g/mol. The molecule has 43 heavy (non-hydrogen) atoms. The lowest BCUT2D eigenvalue weighted by Gasteiger charge is -2.32. The third kappa shape index (κ3) is 11.3. The summed E-state index contributed by atoms with van der Waals surface area (Å²) in [4.78, 5) is 38.7. The van der Waals surface area contributed by atoms with Crippen molar-refractivity contribution in [1.82, 2.24) is 9.88 Å². The van der Waals surface area contributed by atoms with Crippen LogP contribution in [0.15, 0.2) is 42.7 Å². The van der Waals surface area contributed by atoms with E-state index in [9.17, 15) is 31.1 Å². The van der Waals surface area contributed by atoms with Crippen molar-refractivity contribution in [3.05, 3.63) is 53.9 Å². The Labute approximate surface area is 241 Å². The molecule has 0 atom stereocenters. The predicted molar refractivity (Wildman–Crippen MR) is 139 cm³/mol. The number of ether oxygens (including phenoxy) is 1. The number of pyridine rings is 1. The number of aryl methyl sites for hydroxylation is 1. The smallest absolute Gasteiger partial charge is 0.475 e. The quantitative estimate of drug-likeness (QED) is 0.130. The molecule has 2 aliphatic rings. The number of aromatic nitrogens is 1. The number of carboxylic acid groups (broad SMARTS) is 2. The van der Waals surface area contributed by atoms with Crippen molar-refractivity contribution in [2.45, 2.75) is 44.6 Å². The van der Waals surface area contributed by atoms with Gasteiger partial charge in [-0.15, -0.1) is 0 Å². The number of hydrogen-bond donors (Lipinski definition) is 4. The Hall–Kier alpha value is -4.57. The van der Waals surface area contributed by atoms with E-state index >= 15 is 0 Å². The minimum Gasteiger partial charge on any atom is -0.475 e. The van der Waals surface area contributed by atoms with Gasteiger partial charge in [-0.25, -0.2) is 9.59 Å². The molecule has 1 aromatic carbocycles. The first-order valence-electron chi connectivity index (χ1n) is 12.7. The van der Waals surface area contributed by atoms with Crippen LogP contribution in [0.25, 0.3) is 0 Å². The van der Waals surface area contributed by atoms with Crippen molar-refractivity contribution in [2.24, 2.45) is 11.7 Å². The third-order valence-electron chi connectivity index (χ3n) is 6.31. The van der Waals surface area contributed by atoms with Gasteiger partial charge in [0.25, 0.3) is 0 Å². The maximum absolute atomic E-state index is 12.7. The Balaban J connectivity index is 0.000000384. The van der Waals surface area contributed by atoms with E-state index in [1.54, 1.807) is 12.4 Å². The molecule has 3 heterocycles. The van der Waals surface area contributed by atoms with Gasteiger partial charge in [-0.3, -0.25) is 15.2 Å². The number of nitrogens with one attached hydrogen (secondary N) is 1. The molecule has 1 aromatic heterocycles. The normalized spacial score (nSPS) is 15.4. The number of nitrogens with zero attached hydrogens (tertiary/aromatic N) is 3. The highest BCUT2D eigenvalue weighted by Crippen LogP contribution is 2.27. The van der Waals surface area contributed by atoms with Crippen molar-refractivity contribution in [1.29, 1.82) is 5.41 Å². The van der Waals surface area contributed by atoms with E-state index in [1.165, 1.54) is 5.56 Å². The van der Waals surface area contributed by atoms with Gasteiger partial charge < -0.3 is 30.5 Å². The monoisotopic (exact) mass is 621 g/mol. The summed E-state index contributed by atoms with van der Waals surface area (Å²) in [5, 5.41) is 22.0. The minimum absolute atomic E-state index is 0.0828. The molecule has 236 valence electrons. The van der Waals surface area contributed by atoms with Crippen LogP contribution < -0.4 is 15.4 Å². The summed E-state index contributed by atoms with van der Waals surface area (Å²) in [6.45, 7) is 3.03. The second-order valence-electron chi connectivity index (χ2n) is 9.33. The van der Waals surface area contributed by atoms with E-state index in [1.807, 2.05) is 35.2 Å². The Morgan fingerprint density at radius 3 is 1.93 bits per heavy atom. The van der Waals surface area contributed by atoms with Crippen molar-refractivity contribution < 1.29 is 55.7 Å². The lowest BCUT2D eigenvalue weighted by Crippen LogP contribution is -2.37. The molecule has 2 aromatic rings. The molecule has 0 aliphatic carbocycles. The topological polar surface area (TPSA) is 170 Å². The lowest BCUT2D eigenvalue weighted by atomic mass is 9.96. The predicted octanol–water partition coefficient (Wildman–Crippen LogP) is 3.81. The van der Waals surface area contributed by atoms with Crippen LogP contribution in [0, 0.1) is 11.3 Å². The van der Waals surface area contributed by atoms with E-state index in [-0.39, 0.29) is 17.8 Å². The molecule has 5 N–H and O–H groups in total. The molecule has 17 heteroatoms. The molecule has 0 saturated carbocycles. The lowest BCUT2D eigenvalue weighted by molar-refractivity contribution is -0.193. The number of alkyl halides is 6. The first kappa shape index (κ1) is 34.6. The highest BCUT2D eigenvalue weighted by Gasteiger charge is 2.39. The Kier molecular flexibility index (Phi) is 12.1. The minimum atomic E-state index is -5.08. The maximum Gasteiger partial charge on any atom is 0.490 e. The van der Waals surface area contributed by atoms with Gasteiger partial charge in [0.2, 0.25) is 0 Å². The Bertz CT molecular complexity index is 1240. The van der Waals surface area contributed by atoms with Gasteiger partial charge >= 0.3 is 30.3 Å². The zero-order valence-corrected chi connectivity index (χ0v) is 22.5. The van der Waals surface area contributed by atoms with Gasteiger partial charge in [0, 0.05) is 44.3 Å². The van der Waals surface area contributed by atoms with Gasteiger partial charge in [-0.05, 0) is 61.1 Å². The number of piperidine rings is 1. The van der Waals surface area contributed by atoms with Crippen LogP contribution in [-0.2, 0) is 27.3 Å². The van der Waals surface area contributed by atoms with Crippen LogP contribution in [0.3, 0.4) is 0 Å². The first-order valence-corrected chi connectivity index (χ1v) is 12.7. The fourth-order valence-electron chi connectivity index (χ4n) is 4.14. The maximum atomic E-state index is 12.7. The molecule has 1 saturated heterocycles. The van der Waals surface area contributed by atoms with E-state index in [0.29, 0.717) is 12.3 Å². The van der Waals surface area contributed by atoms with Crippen LogP contribution in [0.5, 0.6) is 5.75 Å². The molecule has 0 bridgehead atoms. The molecule has 0 amide bonds. The number of carboxylic acids is 2. The van der Waals surface area contributed by atoms with Gasteiger partial charge in [0.05, 0.1) is 5.92 Å². The number of hydrogen-bond acceptors (Lipinski definition) is 7. The number of halogens is 6. The van der Waals surface area contributed by atoms with Crippen molar-refractivity contribution in [3.8, 4) is 5.75 Å². The third-order valence-corrected chi connectivity index (χ3v) is 6.31. The number of carbonyl (C=O) groups is 3. The number of guanidine groups is 1. The Morgan fingerprint density at radius 2 is 1.44 bits per heavy atom. The van der Waals surface area contributed by atoms with Crippen LogP contribution in [-0.4, -0.2) is 76.0 Å². The van der Waals surface area contributed by atoms with Crippen LogP contribution in [0.1, 0.15) is 30.4 Å². The summed E-state index contributed by atoms with van der Waals surface area (Å²) < 4.78 is 69.2. The summed E-state index contributed by atoms with van der Waals surface area (Å²) >= 11 is 0. The van der Waals surface area contributed by atoms with Gasteiger partial charge in [0.1, 0.15) is 5.75 Å². The van der Waals surface area contributed by atoms with Crippen LogP contribution >= 0.6 is 0 Å². The van der Waals surface area contributed by atoms with E-state index in [4.69, 9.17) is 35.7 Å². The number of anilines is 1. The van der Waals surface area contributed by atoms with Gasteiger partial charge in [-0.1, -0.05) is 6.07 Å². The average Bonchev–Trinajstić information content (AvgIpc) is 3.16. The van der Waals surface area contributed by atoms with Crippen molar-refractivity contribution in [2.75, 3.05) is 24.5 Å². The summed E-state index contributed by atoms with van der Waals surface area (Å²) in [5.41, 5.74) is 9.14. The molecule has 11 nitrogen and oxygen atoms in total. The standard InChI is InChI=1S/C22H27N5O2.2C2HF3O2/c23-22(24)27-11-1-2-16-3-4-20(14-18(16)15-27)29-21(28)17-7-12-26(13-8-17)19-5-9-25-10-6-19;2*3-2(4,5)1(6)7/h3-6,9-10,14,17H,1-2,7-8,11-13,15H2,(H3,23,24);2*(H,6,7). The zero-order chi connectivity index (χ0) is 32.4. The second kappa shape index (κ2) is 15.1. The number of fused-ring (bicyclic) bond motifs is 1. The average molecular weight is 622 g/mol. The molecule has 0 unspecified atom stereocenters. The van der Waals surface area contributed by atoms with Crippen LogP contribution in [0.4, 0.5) is 32.0 Å². The van der Waals surface area contributed by atoms with Crippen LogP contribution in [0.2, 0.25) is 0 Å². The number of rotatable bonds is 3. The molecule has 4 rings (SSSR count). The molecule has 2 aliphatic heterocycles. The molecular formula is C26H29F6N5O6. The summed E-state index contributed by atoms with van der Waals surface area (Å²) in [5.74, 6) is -5.09.